The van der Waals surface area contributed by atoms with Crippen LogP contribution in [0.3, 0.4) is 0 Å². The molecule has 0 radical (unpaired) electrons. The van der Waals surface area contributed by atoms with E-state index in [0.29, 0.717) is 11.8 Å². The molecule has 2 rings (SSSR count). The quantitative estimate of drug-likeness (QED) is 0.619. The van der Waals surface area contributed by atoms with E-state index in [0.717, 1.165) is 19.3 Å². The minimum Gasteiger partial charge on any atom is -0.210 e. The van der Waals surface area contributed by atoms with Crippen molar-refractivity contribution < 1.29 is 8.78 Å². The first-order valence-corrected chi connectivity index (χ1v) is 7.55. The molecule has 0 N–H and O–H groups in total. The molecule has 0 saturated heterocycles. The van der Waals surface area contributed by atoms with Crippen LogP contribution < -0.4 is 0 Å². The lowest BCUT2D eigenvalue weighted by molar-refractivity contribution is 0.0138. The van der Waals surface area contributed by atoms with E-state index in [-0.39, 0.29) is 5.92 Å². The van der Waals surface area contributed by atoms with Crippen LogP contribution in [0.2, 0.25) is 0 Å². The number of alkyl halides is 2. The topological polar surface area (TPSA) is 0 Å². The highest BCUT2D eigenvalue weighted by Gasteiger charge is 2.32. The maximum atomic E-state index is 13.2. The lowest BCUT2D eigenvalue weighted by Crippen LogP contribution is -2.27. The Bertz CT molecular complexity index is 203. The molecule has 0 aromatic rings. The Kier molecular flexibility index (Phi) is 5.24. The Morgan fingerprint density at radius 1 is 0.765 bits per heavy atom. The largest absolute Gasteiger partial charge is 0.241 e. The summed E-state index contributed by atoms with van der Waals surface area (Å²) in [5, 5.41) is 0. The van der Waals surface area contributed by atoms with Gasteiger partial charge in [0.25, 0.3) is 0 Å². The van der Waals surface area contributed by atoms with Crippen molar-refractivity contribution in [2.45, 2.75) is 77.1 Å². The van der Waals surface area contributed by atoms with Crippen LogP contribution in [0.15, 0.2) is 0 Å². The average Bonchev–Trinajstić information content (AvgIpc) is 2.38. The van der Waals surface area contributed by atoms with Gasteiger partial charge in [0.15, 0.2) is 0 Å². The van der Waals surface area contributed by atoms with Crippen molar-refractivity contribution in [3.8, 4) is 0 Å². The standard InChI is InChI=1S/C15H26F2/c16-15(17)14(13-9-5-2-6-10-13)11-12-7-3-1-4-8-12/h12-15H,1-11H2. The summed E-state index contributed by atoms with van der Waals surface area (Å²) >= 11 is 0. The maximum Gasteiger partial charge on any atom is 0.241 e. The average molecular weight is 244 g/mol. The fraction of sp³-hybridized carbons (Fsp3) is 1.00. The third-order valence-corrected chi connectivity index (χ3v) is 4.91. The summed E-state index contributed by atoms with van der Waals surface area (Å²) in [6.45, 7) is 0. The van der Waals surface area contributed by atoms with Crippen LogP contribution in [0.4, 0.5) is 8.78 Å². The molecule has 17 heavy (non-hydrogen) atoms. The fourth-order valence-electron chi connectivity index (χ4n) is 3.87. The van der Waals surface area contributed by atoms with E-state index in [2.05, 4.69) is 0 Å². The number of hydrogen-bond acceptors (Lipinski definition) is 0. The van der Waals surface area contributed by atoms with Crippen molar-refractivity contribution in [2.75, 3.05) is 0 Å². The Morgan fingerprint density at radius 2 is 1.29 bits per heavy atom. The Labute approximate surface area is 104 Å². The van der Waals surface area contributed by atoms with Gasteiger partial charge in [-0.25, -0.2) is 8.78 Å². The highest BCUT2D eigenvalue weighted by molar-refractivity contribution is 4.79. The Hall–Kier alpha value is -0.140. The lowest BCUT2D eigenvalue weighted by Gasteiger charge is -2.33. The first kappa shape index (κ1) is 13.3. The van der Waals surface area contributed by atoms with Gasteiger partial charge in [-0.2, -0.15) is 0 Å². The van der Waals surface area contributed by atoms with Crippen molar-refractivity contribution in [1.29, 1.82) is 0 Å². The van der Waals surface area contributed by atoms with E-state index in [4.69, 9.17) is 0 Å². The minimum absolute atomic E-state index is 0.293. The second-order valence-electron chi connectivity index (χ2n) is 6.14. The highest BCUT2D eigenvalue weighted by Crippen LogP contribution is 2.39. The molecule has 1 atom stereocenters. The van der Waals surface area contributed by atoms with Crippen LogP contribution in [0, 0.1) is 17.8 Å². The van der Waals surface area contributed by atoms with Crippen LogP contribution in [0.25, 0.3) is 0 Å². The first-order valence-electron chi connectivity index (χ1n) is 7.55. The molecule has 0 amide bonds. The molecule has 1 unspecified atom stereocenters. The van der Waals surface area contributed by atoms with Crippen LogP contribution in [-0.4, -0.2) is 6.43 Å². The van der Waals surface area contributed by atoms with Crippen molar-refractivity contribution in [3.05, 3.63) is 0 Å². The second kappa shape index (κ2) is 6.70. The molecular formula is C15H26F2. The van der Waals surface area contributed by atoms with Gasteiger partial charge in [-0.15, -0.1) is 0 Å². The van der Waals surface area contributed by atoms with E-state index in [1.165, 1.54) is 51.4 Å². The van der Waals surface area contributed by atoms with Crippen molar-refractivity contribution in [3.63, 3.8) is 0 Å². The summed E-state index contributed by atoms with van der Waals surface area (Å²) in [4.78, 5) is 0. The van der Waals surface area contributed by atoms with E-state index in [1.807, 2.05) is 0 Å². The first-order chi connectivity index (χ1) is 8.27. The molecule has 2 fully saturated rings. The molecule has 2 aliphatic carbocycles. The Balaban J connectivity index is 1.86. The normalized spacial score (nSPS) is 26.3. The SMILES string of the molecule is FC(F)C(CC1CCCCC1)C1CCCCC1. The molecule has 0 aliphatic heterocycles. The molecule has 0 spiro atoms. The summed E-state index contributed by atoms with van der Waals surface area (Å²) in [6.07, 6.45) is 10.7. The molecule has 2 aliphatic rings. The van der Waals surface area contributed by atoms with Gasteiger partial charge in [0.05, 0.1) is 0 Å². The zero-order chi connectivity index (χ0) is 12.1. The van der Waals surface area contributed by atoms with E-state index in [9.17, 15) is 8.78 Å². The molecule has 2 heteroatoms. The maximum absolute atomic E-state index is 13.2. The zero-order valence-electron chi connectivity index (χ0n) is 10.8. The third kappa shape index (κ3) is 3.93. The molecule has 2 saturated carbocycles. The molecule has 0 aromatic heterocycles. The van der Waals surface area contributed by atoms with E-state index >= 15 is 0 Å². The lowest BCUT2D eigenvalue weighted by atomic mass is 9.74. The third-order valence-electron chi connectivity index (χ3n) is 4.91. The number of halogens is 2. The molecule has 0 bridgehead atoms. The molecule has 0 heterocycles. The monoisotopic (exact) mass is 244 g/mol. The van der Waals surface area contributed by atoms with Crippen molar-refractivity contribution in [1.82, 2.24) is 0 Å². The Morgan fingerprint density at radius 3 is 1.82 bits per heavy atom. The second-order valence-corrected chi connectivity index (χ2v) is 6.14. The van der Waals surface area contributed by atoms with Crippen LogP contribution >= 0.6 is 0 Å². The zero-order valence-corrected chi connectivity index (χ0v) is 10.8. The van der Waals surface area contributed by atoms with Gasteiger partial charge in [-0.05, 0) is 31.1 Å². The molecule has 0 nitrogen and oxygen atoms in total. The van der Waals surface area contributed by atoms with Crippen LogP contribution in [-0.2, 0) is 0 Å². The van der Waals surface area contributed by atoms with Gasteiger partial charge in [-0.3, -0.25) is 0 Å². The number of rotatable bonds is 4. The van der Waals surface area contributed by atoms with Gasteiger partial charge in [0.2, 0.25) is 6.43 Å². The highest BCUT2D eigenvalue weighted by atomic mass is 19.3. The van der Waals surface area contributed by atoms with Gasteiger partial charge in [-0.1, -0.05) is 51.4 Å². The van der Waals surface area contributed by atoms with E-state index in [1.54, 1.807) is 0 Å². The predicted molar refractivity (Wildman–Crippen MR) is 67.3 cm³/mol. The summed E-state index contributed by atoms with van der Waals surface area (Å²) in [6, 6.07) is 0. The summed E-state index contributed by atoms with van der Waals surface area (Å²) < 4.78 is 26.5. The summed E-state index contributed by atoms with van der Waals surface area (Å²) in [5.74, 6) is 0.633. The fourth-order valence-corrected chi connectivity index (χ4v) is 3.87. The smallest absolute Gasteiger partial charge is 0.210 e. The van der Waals surface area contributed by atoms with Gasteiger partial charge >= 0.3 is 0 Å². The van der Waals surface area contributed by atoms with Crippen LogP contribution in [0.1, 0.15) is 70.6 Å². The predicted octanol–water partition coefficient (Wildman–Crippen LogP) is 5.42. The molecule has 100 valence electrons. The molecule has 0 aromatic carbocycles. The molecular weight excluding hydrogens is 218 g/mol. The van der Waals surface area contributed by atoms with Crippen molar-refractivity contribution in [2.24, 2.45) is 17.8 Å². The van der Waals surface area contributed by atoms with Gasteiger partial charge in [0.1, 0.15) is 0 Å². The van der Waals surface area contributed by atoms with Crippen molar-refractivity contribution >= 4 is 0 Å². The van der Waals surface area contributed by atoms with E-state index < -0.39 is 6.43 Å². The van der Waals surface area contributed by atoms with Gasteiger partial charge in [0, 0.05) is 5.92 Å². The number of hydrogen-bond donors (Lipinski definition) is 0. The summed E-state index contributed by atoms with van der Waals surface area (Å²) in [5.41, 5.74) is 0. The minimum atomic E-state index is -2.08. The van der Waals surface area contributed by atoms with Gasteiger partial charge < -0.3 is 0 Å². The summed E-state index contributed by atoms with van der Waals surface area (Å²) in [7, 11) is 0. The van der Waals surface area contributed by atoms with Crippen LogP contribution in [0.5, 0.6) is 0 Å².